The topological polar surface area (TPSA) is 62.2 Å². The lowest BCUT2D eigenvalue weighted by Gasteiger charge is -2.00. The van der Waals surface area contributed by atoms with Gasteiger partial charge in [-0.2, -0.15) is 0 Å². The molecule has 0 saturated carbocycles. The van der Waals surface area contributed by atoms with E-state index in [1.807, 2.05) is 30.3 Å². The lowest BCUT2D eigenvalue weighted by molar-refractivity contribution is -0.304. The Morgan fingerprint density at radius 1 is 1.22 bits per heavy atom. The van der Waals surface area contributed by atoms with Crippen LogP contribution in [0.5, 0.6) is 5.75 Å². The summed E-state index contributed by atoms with van der Waals surface area (Å²) in [4.78, 5) is 17.1. The largest absolute Gasteiger partial charge is 0.550 e. The van der Waals surface area contributed by atoms with E-state index in [1.165, 1.54) is 22.7 Å². The third kappa shape index (κ3) is 3.55. The van der Waals surface area contributed by atoms with Crippen molar-refractivity contribution in [3.8, 4) is 26.9 Å². The molecule has 2 aromatic heterocycles. The summed E-state index contributed by atoms with van der Waals surface area (Å²) >= 11 is 8.70. The zero-order valence-electron chi connectivity index (χ0n) is 12.0. The standard InChI is InChI=1S/C16H12ClNO3S2/c1-21-10-4-2-9(3-5-10)16-18-15(11-6-7-13(17)22-11)12(23-16)8-14(19)20/h2-7H,8H2,1H3,(H,19,20)/p-1. The number of aromatic nitrogens is 1. The Balaban J connectivity index is 2.04. The minimum atomic E-state index is -1.13. The fourth-order valence-electron chi connectivity index (χ4n) is 2.09. The molecule has 0 saturated heterocycles. The highest BCUT2D eigenvalue weighted by Gasteiger charge is 2.16. The summed E-state index contributed by atoms with van der Waals surface area (Å²) in [6.07, 6.45) is -0.168. The number of hydrogen-bond acceptors (Lipinski definition) is 6. The molecule has 0 aliphatic carbocycles. The van der Waals surface area contributed by atoms with Gasteiger partial charge in [-0.1, -0.05) is 11.6 Å². The molecule has 0 aliphatic rings. The van der Waals surface area contributed by atoms with Crippen molar-refractivity contribution in [1.82, 2.24) is 4.98 Å². The van der Waals surface area contributed by atoms with E-state index in [9.17, 15) is 9.90 Å². The van der Waals surface area contributed by atoms with Crippen LogP contribution in [0, 0.1) is 0 Å². The molecule has 2 heterocycles. The maximum Gasteiger partial charge on any atom is 0.124 e. The van der Waals surface area contributed by atoms with Crippen molar-refractivity contribution in [2.45, 2.75) is 6.42 Å². The lowest BCUT2D eigenvalue weighted by Crippen LogP contribution is -2.24. The number of carbonyl (C=O) groups is 1. The number of carboxylic acid groups (broad SMARTS) is 1. The minimum Gasteiger partial charge on any atom is -0.550 e. The first-order valence-corrected chi connectivity index (χ1v) is 8.67. The number of nitrogens with zero attached hydrogens (tertiary/aromatic N) is 1. The van der Waals surface area contributed by atoms with Crippen LogP contribution in [0.15, 0.2) is 36.4 Å². The first-order chi connectivity index (χ1) is 11.1. The normalized spacial score (nSPS) is 10.7. The summed E-state index contributed by atoms with van der Waals surface area (Å²) in [6, 6.07) is 11.1. The monoisotopic (exact) mass is 364 g/mol. The molecule has 4 nitrogen and oxygen atoms in total. The number of carboxylic acids is 1. The van der Waals surface area contributed by atoms with Crippen molar-refractivity contribution in [2.75, 3.05) is 7.11 Å². The van der Waals surface area contributed by atoms with Gasteiger partial charge in [0, 0.05) is 22.8 Å². The number of carbonyl (C=O) groups excluding carboxylic acids is 1. The van der Waals surface area contributed by atoms with Gasteiger partial charge in [-0.15, -0.1) is 22.7 Å². The maximum atomic E-state index is 11.0. The Hall–Kier alpha value is -1.89. The second-order valence-electron chi connectivity index (χ2n) is 4.67. The Labute approximate surface area is 146 Å². The van der Waals surface area contributed by atoms with E-state index < -0.39 is 5.97 Å². The van der Waals surface area contributed by atoms with E-state index in [-0.39, 0.29) is 6.42 Å². The number of ether oxygens (including phenoxy) is 1. The Bertz CT molecular complexity index is 839. The molecule has 0 atom stereocenters. The predicted octanol–water partition coefficient (Wildman–Crippen LogP) is 3.49. The molecule has 7 heteroatoms. The number of thiazole rings is 1. The molecule has 0 aliphatic heterocycles. The van der Waals surface area contributed by atoms with E-state index >= 15 is 0 Å². The summed E-state index contributed by atoms with van der Waals surface area (Å²) in [5.41, 5.74) is 1.56. The third-order valence-electron chi connectivity index (χ3n) is 3.15. The molecule has 118 valence electrons. The number of benzene rings is 1. The zero-order valence-corrected chi connectivity index (χ0v) is 14.4. The molecule has 23 heavy (non-hydrogen) atoms. The van der Waals surface area contributed by atoms with Crippen molar-refractivity contribution in [1.29, 1.82) is 0 Å². The summed E-state index contributed by atoms with van der Waals surface area (Å²) in [5.74, 6) is -0.371. The molecule has 0 N–H and O–H groups in total. The van der Waals surface area contributed by atoms with Crippen molar-refractivity contribution in [2.24, 2.45) is 0 Å². The van der Waals surface area contributed by atoms with Gasteiger partial charge < -0.3 is 14.6 Å². The number of halogens is 1. The molecule has 1 aromatic carbocycles. The van der Waals surface area contributed by atoms with Crippen LogP contribution < -0.4 is 9.84 Å². The number of aliphatic carboxylic acids is 1. The average molecular weight is 365 g/mol. The number of rotatable bonds is 5. The van der Waals surface area contributed by atoms with E-state index in [2.05, 4.69) is 4.98 Å². The van der Waals surface area contributed by atoms with Gasteiger partial charge in [-0.25, -0.2) is 4.98 Å². The van der Waals surface area contributed by atoms with Gasteiger partial charge >= 0.3 is 0 Å². The second-order valence-corrected chi connectivity index (χ2v) is 7.47. The quantitative estimate of drug-likeness (QED) is 0.695. The molecule has 3 aromatic rings. The number of hydrogen-bond donors (Lipinski definition) is 0. The SMILES string of the molecule is COc1ccc(-c2nc(-c3ccc(Cl)s3)c(CC(=O)[O-])s2)cc1. The van der Waals surface area contributed by atoms with Crippen LogP contribution in [-0.2, 0) is 11.2 Å². The average Bonchev–Trinajstić information content (AvgIpc) is 3.13. The molecule has 0 amide bonds. The van der Waals surface area contributed by atoms with E-state index in [0.717, 1.165) is 21.2 Å². The molecule has 0 bridgehead atoms. The third-order valence-corrected chi connectivity index (χ3v) is 5.49. The second kappa shape index (κ2) is 6.70. The highest BCUT2D eigenvalue weighted by Crippen LogP contribution is 2.38. The van der Waals surface area contributed by atoms with Gasteiger partial charge in [0.15, 0.2) is 0 Å². The summed E-state index contributed by atoms with van der Waals surface area (Å²) in [5, 5.41) is 11.8. The van der Waals surface area contributed by atoms with Crippen molar-refractivity contribution in [3.05, 3.63) is 45.6 Å². The fourth-order valence-corrected chi connectivity index (χ4v) is 4.29. The molecular weight excluding hydrogens is 354 g/mol. The van der Waals surface area contributed by atoms with Crippen molar-refractivity contribution in [3.63, 3.8) is 0 Å². The van der Waals surface area contributed by atoms with Crippen LogP contribution in [0.4, 0.5) is 0 Å². The van der Waals surface area contributed by atoms with E-state index in [4.69, 9.17) is 16.3 Å². The molecule has 0 spiro atoms. The Morgan fingerprint density at radius 3 is 2.52 bits per heavy atom. The van der Waals surface area contributed by atoms with Gasteiger partial charge in [0.25, 0.3) is 0 Å². The van der Waals surface area contributed by atoms with Crippen LogP contribution in [0.3, 0.4) is 0 Å². The lowest BCUT2D eigenvalue weighted by atomic mass is 10.2. The predicted molar refractivity (Wildman–Crippen MR) is 91.1 cm³/mol. The Morgan fingerprint density at radius 2 is 1.96 bits per heavy atom. The number of thiophene rings is 1. The van der Waals surface area contributed by atoms with Gasteiger partial charge in [-0.3, -0.25) is 0 Å². The first-order valence-electron chi connectivity index (χ1n) is 6.66. The highest BCUT2D eigenvalue weighted by molar-refractivity contribution is 7.20. The molecule has 0 fully saturated rings. The molecule has 3 rings (SSSR count). The molecule has 0 unspecified atom stereocenters. The first kappa shape index (κ1) is 16.0. The van der Waals surface area contributed by atoms with Crippen LogP contribution in [0.25, 0.3) is 21.1 Å². The van der Waals surface area contributed by atoms with Crippen molar-refractivity contribution >= 4 is 40.2 Å². The van der Waals surface area contributed by atoms with E-state index in [0.29, 0.717) is 14.9 Å². The van der Waals surface area contributed by atoms with Gasteiger partial charge in [0.1, 0.15) is 10.8 Å². The highest BCUT2D eigenvalue weighted by atomic mass is 35.5. The van der Waals surface area contributed by atoms with Crippen LogP contribution >= 0.6 is 34.3 Å². The van der Waals surface area contributed by atoms with E-state index in [1.54, 1.807) is 13.2 Å². The molecule has 0 radical (unpaired) electrons. The molecular formula is C16H11ClNO3S2-. The fraction of sp³-hybridized carbons (Fsp3) is 0.125. The van der Waals surface area contributed by atoms with Crippen molar-refractivity contribution < 1.29 is 14.6 Å². The summed E-state index contributed by atoms with van der Waals surface area (Å²) in [6.45, 7) is 0. The minimum absolute atomic E-state index is 0.168. The zero-order chi connectivity index (χ0) is 16.4. The van der Waals surface area contributed by atoms with Crippen LogP contribution in [0.2, 0.25) is 4.34 Å². The summed E-state index contributed by atoms with van der Waals surface area (Å²) in [7, 11) is 1.61. The van der Waals surface area contributed by atoms with Gasteiger partial charge in [0.2, 0.25) is 0 Å². The van der Waals surface area contributed by atoms with Gasteiger partial charge in [-0.05, 0) is 36.4 Å². The Kier molecular flexibility index (Phi) is 4.66. The smallest absolute Gasteiger partial charge is 0.124 e. The number of methoxy groups -OCH3 is 1. The maximum absolute atomic E-state index is 11.0. The van der Waals surface area contributed by atoms with Crippen LogP contribution in [-0.4, -0.2) is 18.1 Å². The summed E-state index contributed by atoms with van der Waals surface area (Å²) < 4.78 is 5.78. The van der Waals surface area contributed by atoms with Crippen LogP contribution in [0.1, 0.15) is 4.88 Å². The van der Waals surface area contributed by atoms with Gasteiger partial charge in [0.05, 0.1) is 22.0 Å².